The van der Waals surface area contributed by atoms with Gasteiger partial charge in [-0.1, -0.05) is 11.6 Å². The van der Waals surface area contributed by atoms with E-state index < -0.39 is 0 Å². The van der Waals surface area contributed by atoms with Crippen molar-refractivity contribution in [2.24, 2.45) is 0 Å². The fourth-order valence-corrected chi connectivity index (χ4v) is 4.47. The average molecular weight is 488 g/mol. The van der Waals surface area contributed by atoms with E-state index in [1.54, 1.807) is 5.38 Å². The lowest BCUT2D eigenvalue weighted by Gasteiger charge is -2.27. The van der Waals surface area contributed by atoms with Gasteiger partial charge < -0.3 is 29.7 Å². The normalized spacial score (nSPS) is 15.2. The zero-order valence-corrected chi connectivity index (χ0v) is 19.2. The number of rotatable bonds is 6. The van der Waals surface area contributed by atoms with Gasteiger partial charge in [-0.2, -0.15) is 4.98 Å². The summed E-state index contributed by atoms with van der Waals surface area (Å²) < 4.78 is 16.6. The van der Waals surface area contributed by atoms with E-state index in [1.807, 2.05) is 30.3 Å². The van der Waals surface area contributed by atoms with Crippen molar-refractivity contribution in [2.45, 2.75) is 6.54 Å². The van der Waals surface area contributed by atoms with Gasteiger partial charge in [-0.05, 0) is 24.3 Å². The van der Waals surface area contributed by atoms with E-state index in [4.69, 9.17) is 25.8 Å². The lowest BCUT2D eigenvalue weighted by Crippen LogP contribution is -2.37. The number of amides is 1. The summed E-state index contributed by atoms with van der Waals surface area (Å²) >= 11 is 7.30. The summed E-state index contributed by atoms with van der Waals surface area (Å²) in [6.45, 7) is 3.80. The van der Waals surface area contributed by atoms with Gasteiger partial charge in [-0.15, -0.1) is 11.3 Å². The minimum absolute atomic E-state index is 0.231. The molecule has 1 amide bonds. The van der Waals surface area contributed by atoms with Gasteiger partial charge >= 0.3 is 0 Å². The molecule has 2 aromatic heterocycles. The summed E-state index contributed by atoms with van der Waals surface area (Å²) in [4.78, 5) is 24.7. The third kappa shape index (κ3) is 5.13. The highest BCUT2D eigenvalue weighted by atomic mass is 35.5. The molecule has 2 N–H and O–H groups in total. The van der Waals surface area contributed by atoms with E-state index in [1.165, 1.54) is 11.3 Å². The number of nitrogens with one attached hydrogen (secondary N) is 2. The number of aromatic nitrogens is 2. The Hall–Kier alpha value is -3.08. The van der Waals surface area contributed by atoms with Crippen LogP contribution in [0.15, 0.2) is 35.7 Å². The number of hydrogen-bond donors (Lipinski definition) is 2. The molecule has 1 saturated heterocycles. The molecule has 0 atom stereocenters. The van der Waals surface area contributed by atoms with Crippen LogP contribution in [0.3, 0.4) is 0 Å². The number of fused-ring (bicyclic) bond motifs is 1. The van der Waals surface area contributed by atoms with E-state index in [-0.39, 0.29) is 12.5 Å². The molecule has 1 fully saturated rings. The number of carbonyl (C=O) groups is 1. The summed E-state index contributed by atoms with van der Waals surface area (Å²) in [7, 11) is 0. The molecule has 11 heteroatoms. The number of hydrogen-bond acceptors (Lipinski definition) is 9. The standard InChI is InChI=1S/C22H22ClN5O4S/c23-14-1-3-15(4-2-14)25-18-11-16(26-22(27-18)28-5-7-30-8-6-28)12-24-21(29)20-19-17(13-33-20)31-9-10-32-19/h1-4,11,13H,5-10,12H2,(H,24,29)(H,25,26,27). The number of nitrogens with zero attached hydrogens (tertiary/aromatic N) is 3. The van der Waals surface area contributed by atoms with E-state index >= 15 is 0 Å². The van der Waals surface area contributed by atoms with Crippen molar-refractivity contribution in [3.63, 3.8) is 0 Å². The molecule has 3 aromatic rings. The lowest BCUT2D eigenvalue weighted by molar-refractivity contribution is 0.0945. The molecular weight excluding hydrogens is 466 g/mol. The minimum atomic E-state index is -0.231. The van der Waals surface area contributed by atoms with E-state index in [9.17, 15) is 4.79 Å². The van der Waals surface area contributed by atoms with Crippen molar-refractivity contribution in [3.05, 3.63) is 51.3 Å². The smallest absolute Gasteiger partial charge is 0.265 e. The predicted octanol–water partition coefficient (Wildman–Crippen LogP) is 3.47. The molecule has 0 saturated carbocycles. The Labute approximate surface area is 199 Å². The van der Waals surface area contributed by atoms with Gasteiger partial charge in [-0.3, -0.25) is 4.79 Å². The first-order valence-electron chi connectivity index (χ1n) is 10.5. The molecule has 0 spiro atoms. The summed E-state index contributed by atoms with van der Waals surface area (Å²) in [5.41, 5.74) is 1.53. The molecule has 0 aliphatic carbocycles. The Balaban J connectivity index is 1.35. The van der Waals surface area contributed by atoms with Crippen LogP contribution in [0.1, 0.15) is 15.4 Å². The van der Waals surface area contributed by atoms with Crippen molar-refractivity contribution in [2.75, 3.05) is 49.7 Å². The molecule has 33 heavy (non-hydrogen) atoms. The summed E-state index contributed by atoms with van der Waals surface area (Å²) in [5, 5.41) is 8.68. The maximum Gasteiger partial charge on any atom is 0.265 e. The monoisotopic (exact) mass is 487 g/mol. The molecule has 5 rings (SSSR count). The Morgan fingerprint density at radius 1 is 1.09 bits per heavy atom. The third-order valence-electron chi connectivity index (χ3n) is 5.12. The molecule has 0 unspecified atom stereocenters. The van der Waals surface area contributed by atoms with Gasteiger partial charge in [0, 0.05) is 35.2 Å². The first-order chi connectivity index (χ1) is 16.2. The van der Waals surface area contributed by atoms with Gasteiger partial charge in [0.2, 0.25) is 5.95 Å². The van der Waals surface area contributed by atoms with Crippen molar-refractivity contribution in [1.82, 2.24) is 15.3 Å². The number of halogens is 1. The molecule has 2 aliphatic heterocycles. The summed E-state index contributed by atoms with van der Waals surface area (Å²) in [6.07, 6.45) is 0. The maximum atomic E-state index is 12.8. The molecule has 9 nitrogen and oxygen atoms in total. The molecule has 0 bridgehead atoms. The summed E-state index contributed by atoms with van der Waals surface area (Å²) in [6, 6.07) is 9.19. The van der Waals surface area contributed by atoms with E-state index in [0.717, 1.165) is 5.69 Å². The van der Waals surface area contributed by atoms with Gasteiger partial charge in [-0.25, -0.2) is 4.98 Å². The Morgan fingerprint density at radius 2 is 1.88 bits per heavy atom. The molecule has 4 heterocycles. The van der Waals surface area contributed by atoms with Crippen molar-refractivity contribution >= 4 is 46.3 Å². The fraction of sp³-hybridized carbons (Fsp3) is 0.318. The topological polar surface area (TPSA) is 97.8 Å². The molecule has 172 valence electrons. The van der Waals surface area contributed by atoms with Gasteiger partial charge in [0.05, 0.1) is 25.5 Å². The minimum Gasteiger partial charge on any atom is -0.485 e. The van der Waals surface area contributed by atoms with Crippen LogP contribution in [0.25, 0.3) is 0 Å². The van der Waals surface area contributed by atoms with Crippen molar-refractivity contribution in [3.8, 4) is 11.5 Å². The number of thiophene rings is 1. The van der Waals surface area contributed by atoms with Crippen LogP contribution in [0.4, 0.5) is 17.5 Å². The SMILES string of the molecule is O=C(NCc1cc(Nc2ccc(Cl)cc2)nc(N2CCOCC2)n1)c1scc2c1OCCO2. The van der Waals surface area contributed by atoms with Crippen LogP contribution in [0, 0.1) is 0 Å². The average Bonchev–Trinajstić information content (AvgIpc) is 3.29. The number of ether oxygens (including phenoxy) is 3. The largest absolute Gasteiger partial charge is 0.485 e. The summed E-state index contributed by atoms with van der Waals surface area (Å²) in [5.74, 6) is 2.11. The Morgan fingerprint density at radius 3 is 2.70 bits per heavy atom. The predicted molar refractivity (Wildman–Crippen MR) is 126 cm³/mol. The second-order valence-corrected chi connectivity index (χ2v) is 8.73. The maximum absolute atomic E-state index is 12.8. The van der Waals surface area contributed by atoms with Gasteiger partial charge in [0.25, 0.3) is 5.91 Å². The molecule has 2 aliphatic rings. The van der Waals surface area contributed by atoms with Gasteiger partial charge in [0.15, 0.2) is 11.5 Å². The zero-order chi connectivity index (χ0) is 22.6. The van der Waals surface area contributed by atoms with Crippen molar-refractivity contribution < 1.29 is 19.0 Å². The number of anilines is 3. The Bertz CT molecular complexity index is 1130. The third-order valence-corrected chi connectivity index (χ3v) is 6.31. The number of morpholine rings is 1. The van der Waals surface area contributed by atoms with Crippen LogP contribution >= 0.6 is 22.9 Å². The second kappa shape index (κ2) is 9.82. The van der Waals surface area contributed by atoms with Crippen LogP contribution in [0.5, 0.6) is 11.5 Å². The molecule has 1 aromatic carbocycles. The van der Waals surface area contributed by atoms with Crippen LogP contribution in [-0.4, -0.2) is 55.4 Å². The van der Waals surface area contributed by atoms with E-state index in [0.29, 0.717) is 78.4 Å². The Kier molecular flexibility index (Phi) is 6.47. The number of benzene rings is 1. The van der Waals surface area contributed by atoms with Crippen LogP contribution in [-0.2, 0) is 11.3 Å². The quantitative estimate of drug-likeness (QED) is 0.545. The fourth-order valence-electron chi connectivity index (χ4n) is 3.49. The van der Waals surface area contributed by atoms with Crippen LogP contribution in [0.2, 0.25) is 5.02 Å². The molecule has 0 radical (unpaired) electrons. The molecular formula is C22H22ClN5O4S. The highest BCUT2D eigenvalue weighted by Crippen LogP contribution is 2.39. The second-order valence-electron chi connectivity index (χ2n) is 7.41. The highest BCUT2D eigenvalue weighted by Gasteiger charge is 2.23. The van der Waals surface area contributed by atoms with E-state index in [2.05, 4.69) is 25.5 Å². The highest BCUT2D eigenvalue weighted by molar-refractivity contribution is 7.12. The number of carbonyl (C=O) groups excluding carboxylic acids is 1. The van der Waals surface area contributed by atoms with Crippen molar-refractivity contribution in [1.29, 1.82) is 0 Å². The van der Waals surface area contributed by atoms with Crippen LogP contribution < -0.4 is 25.0 Å². The first-order valence-corrected chi connectivity index (χ1v) is 11.8. The lowest BCUT2D eigenvalue weighted by atomic mass is 10.3. The first kappa shape index (κ1) is 21.7. The van der Waals surface area contributed by atoms with Gasteiger partial charge in [0.1, 0.15) is 23.9 Å². The zero-order valence-electron chi connectivity index (χ0n) is 17.7.